The third-order valence-electron chi connectivity index (χ3n) is 2.16. The zero-order chi connectivity index (χ0) is 11.5. The van der Waals surface area contributed by atoms with Gasteiger partial charge in [-0.15, -0.1) is 11.3 Å². The quantitative estimate of drug-likeness (QED) is 0.826. The largest absolute Gasteiger partial charge is 0.397 e. The first-order valence-corrected chi connectivity index (χ1v) is 6.73. The van der Waals surface area contributed by atoms with Crippen molar-refractivity contribution in [2.24, 2.45) is 0 Å². The summed E-state index contributed by atoms with van der Waals surface area (Å²) >= 11 is 11.2. The first kappa shape index (κ1) is 11.8. The van der Waals surface area contributed by atoms with Gasteiger partial charge in [-0.2, -0.15) is 0 Å². The number of rotatable bonds is 3. The van der Waals surface area contributed by atoms with Crippen molar-refractivity contribution in [1.82, 2.24) is 0 Å². The van der Waals surface area contributed by atoms with E-state index in [1.54, 1.807) is 11.3 Å². The fraction of sp³-hybridized carbons (Fsp3) is 0.0909. The van der Waals surface area contributed by atoms with Gasteiger partial charge in [-0.25, -0.2) is 0 Å². The maximum atomic E-state index is 6.06. The first-order chi connectivity index (χ1) is 7.68. The lowest BCUT2D eigenvalue weighted by molar-refractivity contribution is 1.18. The van der Waals surface area contributed by atoms with Crippen molar-refractivity contribution in [2.75, 3.05) is 11.1 Å². The van der Waals surface area contributed by atoms with Gasteiger partial charge in [-0.3, -0.25) is 0 Å². The molecule has 0 aliphatic carbocycles. The fourth-order valence-corrected chi connectivity index (χ4v) is 3.03. The average molecular weight is 318 g/mol. The number of nitrogen functional groups attached to an aromatic ring is 1. The zero-order valence-corrected chi connectivity index (χ0v) is 11.5. The van der Waals surface area contributed by atoms with Gasteiger partial charge in [0.25, 0.3) is 0 Å². The van der Waals surface area contributed by atoms with E-state index in [0.717, 1.165) is 10.2 Å². The molecular weight excluding hydrogens is 308 g/mol. The minimum absolute atomic E-state index is 0.646. The van der Waals surface area contributed by atoms with Crippen LogP contribution in [0, 0.1) is 0 Å². The van der Waals surface area contributed by atoms with Gasteiger partial charge in [0, 0.05) is 9.35 Å². The molecule has 16 heavy (non-hydrogen) atoms. The first-order valence-electron chi connectivity index (χ1n) is 4.68. The van der Waals surface area contributed by atoms with Gasteiger partial charge < -0.3 is 11.1 Å². The number of halogens is 2. The van der Waals surface area contributed by atoms with Crippen molar-refractivity contribution in [3.05, 3.63) is 44.0 Å². The van der Waals surface area contributed by atoms with Crippen molar-refractivity contribution in [1.29, 1.82) is 0 Å². The van der Waals surface area contributed by atoms with E-state index in [4.69, 9.17) is 17.3 Å². The Morgan fingerprint density at radius 3 is 2.81 bits per heavy atom. The number of para-hydroxylation sites is 1. The van der Waals surface area contributed by atoms with E-state index in [-0.39, 0.29) is 0 Å². The Bertz CT molecular complexity index is 478. The van der Waals surface area contributed by atoms with E-state index in [1.165, 1.54) is 4.88 Å². The van der Waals surface area contributed by atoms with E-state index in [1.807, 2.05) is 29.6 Å². The average Bonchev–Trinajstić information content (AvgIpc) is 2.64. The molecule has 0 unspecified atom stereocenters. The van der Waals surface area contributed by atoms with E-state index < -0.39 is 0 Å². The Morgan fingerprint density at radius 1 is 1.38 bits per heavy atom. The number of anilines is 2. The van der Waals surface area contributed by atoms with Gasteiger partial charge >= 0.3 is 0 Å². The topological polar surface area (TPSA) is 38.0 Å². The number of hydrogen-bond donors (Lipinski definition) is 2. The molecule has 0 fully saturated rings. The van der Waals surface area contributed by atoms with E-state index >= 15 is 0 Å². The molecule has 84 valence electrons. The Hall–Kier alpha value is -0.710. The van der Waals surface area contributed by atoms with E-state index in [0.29, 0.717) is 17.3 Å². The summed E-state index contributed by atoms with van der Waals surface area (Å²) in [5.74, 6) is 0. The highest BCUT2D eigenvalue weighted by Gasteiger charge is 2.05. The Kier molecular flexibility index (Phi) is 3.74. The second kappa shape index (κ2) is 5.08. The Labute approximate surface area is 112 Å². The summed E-state index contributed by atoms with van der Waals surface area (Å²) in [6, 6.07) is 7.52. The third kappa shape index (κ3) is 2.51. The van der Waals surface area contributed by atoms with Crippen molar-refractivity contribution in [3.63, 3.8) is 0 Å². The summed E-state index contributed by atoms with van der Waals surface area (Å²) in [5, 5.41) is 5.93. The maximum Gasteiger partial charge on any atom is 0.0766 e. The van der Waals surface area contributed by atoms with Gasteiger partial charge in [0.2, 0.25) is 0 Å². The van der Waals surface area contributed by atoms with Crippen LogP contribution in [0.5, 0.6) is 0 Å². The maximum absolute atomic E-state index is 6.06. The zero-order valence-electron chi connectivity index (χ0n) is 8.34. The predicted octanol–water partition coefficient (Wildman–Crippen LogP) is 4.36. The molecule has 0 radical (unpaired) electrons. The third-order valence-corrected chi connectivity index (χ3v) is 4.40. The molecule has 0 spiro atoms. The molecule has 0 amide bonds. The van der Waals surface area contributed by atoms with Gasteiger partial charge in [-0.05, 0) is 39.5 Å². The summed E-state index contributed by atoms with van der Waals surface area (Å²) in [4.78, 5) is 1.22. The minimum atomic E-state index is 0.646. The Balaban J connectivity index is 2.14. The second-order valence-corrected chi connectivity index (χ2v) is 5.51. The van der Waals surface area contributed by atoms with Crippen LogP contribution in [0.3, 0.4) is 0 Å². The molecule has 0 aliphatic heterocycles. The van der Waals surface area contributed by atoms with Crippen molar-refractivity contribution < 1.29 is 0 Å². The molecule has 1 heterocycles. The van der Waals surface area contributed by atoms with Crippen LogP contribution in [-0.2, 0) is 6.54 Å². The number of hydrogen-bond acceptors (Lipinski definition) is 3. The fourth-order valence-electron chi connectivity index (χ4n) is 1.35. The molecule has 0 saturated carbocycles. The van der Waals surface area contributed by atoms with Crippen LogP contribution in [-0.4, -0.2) is 0 Å². The van der Waals surface area contributed by atoms with Crippen LogP contribution < -0.4 is 11.1 Å². The van der Waals surface area contributed by atoms with Gasteiger partial charge in [-0.1, -0.05) is 17.7 Å². The molecule has 0 atom stereocenters. The van der Waals surface area contributed by atoms with E-state index in [9.17, 15) is 0 Å². The molecule has 2 nitrogen and oxygen atoms in total. The lowest BCUT2D eigenvalue weighted by Crippen LogP contribution is -2.02. The lowest BCUT2D eigenvalue weighted by atomic mass is 10.2. The molecule has 5 heteroatoms. The number of nitrogens with two attached hydrogens (primary N) is 1. The normalized spacial score (nSPS) is 10.4. The van der Waals surface area contributed by atoms with Crippen LogP contribution >= 0.6 is 38.9 Å². The molecule has 2 rings (SSSR count). The van der Waals surface area contributed by atoms with Crippen molar-refractivity contribution in [3.8, 4) is 0 Å². The smallest absolute Gasteiger partial charge is 0.0766 e. The summed E-state index contributed by atoms with van der Waals surface area (Å²) < 4.78 is 1.11. The number of nitrogens with one attached hydrogen (secondary N) is 1. The molecule has 1 aromatic heterocycles. The molecule has 3 N–H and O–H groups in total. The highest BCUT2D eigenvalue weighted by Crippen LogP contribution is 2.30. The van der Waals surface area contributed by atoms with Crippen LogP contribution in [0.25, 0.3) is 0 Å². The minimum Gasteiger partial charge on any atom is -0.397 e. The van der Waals surface area contributed by atoms with Crippen LogP contribution in [0.4, 0.5) is 11.4 Å². The SMILES string of the molecule is Nc1cccc(Cl)c1NCc1sccc1Br. The van der Waals surface area contributed by atoms with E-state index in [2.05, 4.69) is 21.2 Å². The second-order valence-electron chi connectivity index (χ2n) is 3.25. The highest BCUT2D eigenvalue weighted by molar-refractivity contribution is 9.10. The summed E-state index contributed by atoms with van der Waals surface area (Å²) in [7, 11) is 0. The van der Waals surface area contributed by atoms with Crippen molar-refractivity contribution in [2.45, 2.75) is 6.54 Å². The predicted molar refractivity (Wildman–Crippen MR) is 75.2 cm³/mol. The molecule has 0 aliphatic rings. The molecule has 0 bridgehead atoms. The van der Waals surface area contributed by atoms with Gasteiger partial charge in [0.15, 0.2) is 0 Å². The monoisotopic (exact) mass is 316 g/mol. The van der Waals surface area contributed by atoms with Crippen molar-refractivity contribution >= 4 is 50.2 Å². The summed E-state index contributed by atoms with van der Waals surface area (Å²) in [5.41, 5.74) is 7.31. The molecule has 2 aromatic rings. The Morgan fingerprint density at radius 2 is 2.19 bits per heavy atom. The van der Waals surface area contributed by atoms with Gasteiger partial charge in [0.05, 0.1) is 22.9 Å². The summed E-state index contributed by atoms with van der Waals surface area (Å²) in [6.45, 7) is 0.714. The molecule has 1 aromatic carbocycles. The van der Waals surface area contributed by atoms with Crippen LogP contribution in [0.2, 0.25) is 5.02 Å². The standard InChI is InChI=1S/C11H10BrClN2S/c12-7-4-5-16-10(7)6-15-11-8(13)2-1-3-9(11)14/h1-5,15H,6,14H2. The van der Waals surface area contributed by atoms with Gasteiger partial charge in [0.1, 0.15) is 0 Å². The summed E-state index contributed by atoms with van der Waals surface area (Å²) in [6.07, 6.45) is 0. The lowest BCUT2D eigenvalue weighted by Gasteiger charge is -2.10. The molecule has 0 saturated heterocycles. The van der Waals surface area contributed by atoms with Crippen LogP contribution in [0.1, 0.15) is 4.88 Å². The van der Waals surface area contributed by atoms with Crippen LogP contribution in [0.15, 0.2) is 34.1 Å². The molecular formula is C11H10BrClN2S. The number of benzene rings is 1. The number of thiophene rings is 1. The highest BCUT2D eigenvalue weighted by atomic mass is 79.9.